The summed E-state index contributed by atoms with van der Waals surface area (Å²) in [6.07, 6.45) is 3.19. The molecule has 2 aromatic heterocycles. The van der Waals surface area contributed by atoms with Crippen LogP contribution in [0.25, 0.3) is 11.2 Å². The van der Waals surface area contributed by atoms with Crippen molar-refractivity contribution in [1.82, 2.24) is 14.5 Å². The molecule has 3 rings (SSSR count). The average molecular weight is 247 g/mol. The molecule has 1 aliphatic rings. The van der Waals surface area contributed by atoms with Gasteiger partial charge in [-0.3, -0.25) is 0 Å². The highest BCUT2D eigenvalue weighted by Gasteiger charge is 2.45. The maximum absolute atomic E-state index is 5.38. The van der Waals surface area contributed by atoms with Gasteiger partial charge in [0.15, 0.2) is 10.4 Å². The molecule has 0 bridgehead atoms. The van der Waals surface area contributed by atoms with Crippen molar-refractivity contribution in [1.29, 1.82) is 0 Å². The lowest BCUT2D eigenvalue weighted by Gasteiger charge is -2.05. The molecule has 0 aromatic carbocycles. The molecule has 1 atom stereocenters. The van der Waals surface area contributed by atoms with Gasteiger partial charge >= 0.3 is 0 Å². The second-order valence-corrected chi connectivity index (χ2v) is 6.20. The summed E-state index contributed by atoms with van der Waals surface area (Å²) in [4.78, 5) is 7.74. The summed E-state index contributed by atoms with van der Waals surface area (Å²) in [5.41, 5.74) is 3.67. The molecule has 0 saturated heterocycles. The van der Waals surface area contributed by atoms with Crippen LogP contribution in [-0.4, -0.2) is 14.5 Å². The summed E-state index contributed by atoms with van der Waals surface area (Å²) < 4.78 is 2.93. The molecular formula is C13H17N3S. The molecule has 1 fully saturated rings. The zero-order valence-electron chi connectivity index (χ0n) is 10.4. The molecule has 4 heteroatoms. The molecule has 3 nitrogen and oxygen atoms in total. The first-order chi connectivity index (χ1) is 7.97. The molecule has 1 saturated carbocycles. The first-order valence-electron chi connectivity index (χ1n) is 6.02. The van der Waals surface area contributed by atoms with Crippen molar-refractivity contribution in [2.75, 3.05) is 0 Å². The Kier molecular flexibility index (Phi) is 2.20. The van der Waals surface area contributed by atoms with Crippen LogP contribution in [-0.2, 0) is 6.54 Å². The van der Waals surface area contributed by atoms with E-state index in [1.165, 1.54) is 6.42 Å². The van der Waals surface area contributed by atoms with E-state index in [1.54, 1.807) is 0 Å². The number of hydrogen-bond acceptors (Lipinski definition) is 2. The number of imidazole rings is 1. The fraction of sp³-hybridized carbons (Fsp3) is 0.538. The molecule has 0 aliphatic heterocycles. The highest BCUT2D eigenvalue weighted by atomic mass is 32.1. The molecule has 90 valence electrons. The van der Waals surface area contributed by atoms with Gasteiger partial charge in [0.05, 0.1) is 5.52 Å². The topological polar surface area (TPSA) is 33.6 Å². The van der Waals surface area contributed by atoms with Crippen LogP contribution in [0.5, 0.6) is 0 Å². The molecule has 1 aliphatic carbocycles. The Hall–Kier alpha value is -1.16. The highest BCUT2D eigenvalue weighted by Crippen LogP contribution is 2.52. The van der Waals surface area contributed by atoms with Crippen molar-refractivity contribution in [2.45, 2.75) is 33.7 Å². The fourth-order valence-electron chi connectivity index (χ4n) is 2.43. The van der Waals surface area contributed by atoms with Gasteiger partial charge in [0.1, 0.15) is 0 Å². The molecular weight excluding hydrogens is 230 g/mol. The third-order valence-electron chi connectivity index (χ3n) is 3.87. The van der Waals surface area contributed by atoms with Crippen molar-refractivity contribution >= 4 is 23.4 Å². The second-order valence-electron chi connectivity index (χ2n) is 5.81. The number of aromatic amines is 1. The third-order valence-corrected chi connectivity index (χ3v) is 4.19. The van der Waals surface area contributed by atoms with Crippen LogP contribution >= 0.6 is 12.2 Å². The number of rotatable bonds is 2. The summed E-state index contributed by atoms with van der Waals surface area (Å²) in [6.45, 7) is 7.66. The molecule has 1 N–H and O–H groups in total. The first kappa shape index (κ1) is 11.0. The zero-order chi connectivity index (χ0) is 12.2. The Morgan fingerprint density at radius 3 is 2.94 bits per heavy atom. The number of nitrogens with one attached hydrogen (secondary N) is 1. The Balaban J connectivity index is 2.04. The van der Waals surface area contributed by atoms with Gasteiger partial charge in [-0.05, 0) is 48.5 Å². The highest BCUT2D eigenvalue weighted by molar-refractivity contribution is 7.71. The molecule has 2 heterocycles. The van der Waals surface area contributed by atoms with E-state index in [0.29, 0.717) is 5.41 Å². The number of aromatic nitrogens is 3. The number of H-pyrrole nitrogens is 1. The molecule has 0 spiro atoms. The van der Waals surface area contributed by atoms with Crippen LogP contribution in [0.2, 0.25) is 0 Å². The minimum atomic E-state index is 0.475. The number of nitrogens with zero attached hydrogens (tertiary/aromatic N) is 2. The van der Waals surface area contributed by atoms with Crippen LogP contribution in [0.15, 0.2) is 12.3 Å². The van der Waals surface area contributed by atoms with Crippen LogP contribution in [0.3, 0.4) is 0 Å². The van der Waals surface area contributed by atoms with Gasteiger partial charge in [-0.15, -0.1) is 0 Å². The summed E-state index contributed by atoms with van der Waals surface area (Å²) in [5, 5.41) is 0. The monoisotopic (exact) mass is 247 g/mol. The van der Waals surface area contributed by atoms with Crippen molar-refractivity contribution < 1.29 is 0 Å². The molecule has 17 heavy (non-hydrogen) atoms. The molecule has 2 aromatic rings. The van der Waals surface area contributed by atoms with Gasteiger partial charge < -0.3 is 9.55 Å². The van der Waals surface area contributed by atoms with Crippen LogP contribution in [0.1, 0.15) is 25.8 Å². The van der Waals surface area contributed by atoms with Gasteiger partial charge in [-0.25, -0.2) is 4.98 Å². The molecule has 1 unspecified atom stereocenters. The standard InChI is InChI=1S/C13H17N3S/c1-8-4-10-11(14-6-8)16(12(17)15-10)7-9-5-13(9,2)3/h4,6,9H,5,7H2,1-3H3,(H,15,17). The van der Waals surface area contributed by atoms with Crippen molar-refractivity contribution in [2.24, 2.45) is 11.3 Å². The Labute approximate surface area is 106 Å². The van der Waals surface area contributed by atoms with Crippen LogP contribution in [0.4, 0.5) is 0 Å². The van der Waals surface area contributed by atoms with Crippen LogP contribution < -0.4 is 0 Å². The van der Waals surface area contributed by atoms with E-state index >= 15 is 0 Å². The van der Waals surface area contributed by atoms with Crippen molar-refractivity contribution in [3.63, 3.8) is 0 Å². The minimum absolute atomic E-state index is 0.475. The summed E-state index contributed by atoms with van der Waals surface area (Å²) in [6, 6.07) is 2.10. The minimum Gasteiger partial charge on any atom is -0.329 e. The van der Waals surface area contributed by atoms with E-state index in [2.05, 4.69) is 34.4 Å². The zero-order valence-corrected chi connectivity index (χ0v) is 11.3. The summed E-state index contributed by atoms with van der Waals surface area (Å²) >= 11 is 5.38. The third kappa shape index (κ3) is 1.80. The summed E-state index contributed by atoms with van der Waals surface area (Å²) in [7, 11) is 0. The Bertz CT molecular complexity index is 636. The lowest BCUT2D eigenvalue weighted by atomic mass is 10.1. The van der Waals surface area contributed by atoms with E-state index in [4.69, 9.17) is 12.2 Å². The van der Waals surface area contributed by atoms with E-state index in [1.807, 2.05) is 13.1 Å². The molecule has 0 amide bonds. The van der Waals surface area contributed by atoms with Gasteiger partial charge in [0.25, 0.3) is 0 Å². The fourth-order valence-corrected chi connectivity index (χ4v) is 2.70. The number of aryl methyl sites for hydroxylation is 1. The lowest BCUT2D eigenvalue weighted by molar-refractivity contribution is 0.501. The first-order valence-corrected chi connectivity index (χ1v) is 6.43. The smallest absolute Gasteiger partial charge is 0.179 e. The molecule has 0 radical (unpaired) electrons. The van der Waals surface area contributed by atoms with Crippen molar-refractivity contribution in [3.8, 4) is 0 Å². The van der Waals surface area contributed by atoms with Gasteiger partial charge in [-0.1, -0.05) is 13.8 Å². The number of pyridine rings is 1. The maximum atomic E-state index is 5.38. The average Bonchev–Trinajstić information content (AvgIpc) is 2.71. The summed E-state index contributed by atoms with van der Waals surface area (Å²) in [5.74, 6) is 0.733. The normalized spacial score (nSPS) is 21.9. The number of hydrogen-bond donors (Lipinski definition) is 1. The Morgan fingerprint density at radius 2 is 2.29 bits per heavy atom. The van der Waals surface area contributed by atoms with Gasteiger partial charge in [-0.2, -0.15) is 0 Å². The van der Waals surface area contributed by atoms with Gasteiger partial charge in [0.2, 0.25) is 0 Å². The van der Waals surface area contributed by atoms with E-state index in [9.17, 15) is 0 Å². The SMILES string of the molecule is Cc1cnc2c(c1)[nH]c(=S)n2CC1CC1(C)C. The maximum Gasteiger partial charge on any atom is 0.179 e. The van der Waals surface area contributed by atoms with E-state index in [-0.39, 0.29) is 0 Å². The predicted molar refractivity (Wildman–Crippen MR) is 71.5 cm³/mol. The predicted octanol–water partition coefficient (Wildman–Crippen LogP) is 3.45. The van der Waals surface area contributed by atoms with Crippen LogP contribution in [0, 0.1) is 23.0 Å². The largest absolute Gasteiger partial charge is 0.329 e. The quantitative estimate of drug-likeness (QED) is 0.825. The number of fused-ring (bicyclic) bond motifs is 1. The van der Waals surface area contributed by atoms with E-state index < -0.39 is 0 Å². The van der Waals surface area contributed by atoms with E-state index in [0.717, 1.165) is 34.0 Å². The Morgan fingerprint density at radius 1 is 1.59 bits per heavy atom. The second kappa shape index (κ2) is 3.42. The van der Waals surface area contributed by atoms with Gasteiger partial charge in [0, 0.05) is 12.7 Å². The van der Waals surface area contributed by atoms with Crippen molar-refractivity contribution in [3.05, 3.63) is 22.6 Å². The lowest BCUT2D eigenvalue weighted by Crippen LogP contribution is -2.04.